The van der Waals surface area contributed by atoms with Gasteiger partial charge in [0.2, 0.25) is 0 Å². The molecule has 6 nitrogen and oxygen atoms in total. The number of carboxylic acid groups (broad SMARTS) is 1. The summed E-state index contributed by atoms with van der Waals surface area (Å²) in [5.74, 6) is -1.10. The van der Waals surface area contributed by atoms with E-state index in [9.17, 15) is 9.59 Å². The van der Waals surface area contributed by atoms with E-state index in [-0.39, 0.29) is 24.9 Å². The van der Waals surface area contributed by atoms with Gasteiger partial charge in [0.05, 0.1) is 23.7 Å². The van der Waals surface area contributed by atoms with Crippen LogP contribution >= 0.6 is 0 Å². The third kappa shape index (κ3) is 2.79. The average Bonchev–Trinajstić information content (AvgIpc) is 2.85. The monoisotopic (exact) mass is 275 g/mol. The number of carbonyl (C=O) groups excluding carboxylic acids is 1. The van der Waals surface area contributed by atoms with Crippen molar-refractivity contribution in [3.05, 3.63) is 30.0 Å². The Morgan fingerprint density at radius 3 is 2.80 bits per heavy atom. The first-order valence-corrected chi connectivity index (χ1v) is 6.45. The van der Waals surface area contributed by atoms with Gasteiger partial charge in [-0.25, -0.2) is 0 Å². The Morgan fingerprint density at radius 1 is 1.40 bits per heavy atom. The number of carboxylic acids is 1. The predicted molar refractivity (Wildman–Crippen MR) is 74.5 cm³/mol. The van der Waals surface area contributed by atoms with Crippen LogP contribution in [0.3, 0.4) is 0 Å². The van der Waals surface area contributed by atoms with E-state index >= 15 is 0 Å². The van der Waals surface area contributed by atoms with Crippen LogP contribution in [0.1, 0.15) is 30.6 Å². The number of hydrogen-bond donors (Lipinski definition) is 2. The lowest BCUT2D eigenvalue weighted by molar-refractivity contribution is -0.137. The lowest BCUT2D eigenvalue weighted by atomic mass is 10.1. The van der Waals surface area contributed by atoms with Gasteiger partial charge in [0.1, 0.15) is 0 Å². The number of H-pyrrole nitrogens is 1. The molecule has 0 atom stereocenters. The first-order valence-electron chi connectivity index (χ1n) is 6.45. The van der Waals surface area contributed by atoms with Crippen molar-refractivity contribution < 1.29 is 14.7 Å². The number of amides is 1. The van der Waals surface area contributed by atoms with Gasteiger partial charge >= 0.3 is 5.97 Å². The molecule has 106 valence electrons. The van der Waals surface area contributed by atoms with E-state index < -0.39 is 5.97 Å². The van der Waals surface area contributed by atoms with E-state index in [1.807, 2.05) is 19.9 Å². The maximum Gasteiger partial charge on any atom is 0.305 e. The van der Waals surface area contributed by atoms with Crippen LogP contribution in [0.25, 0.3) is 10.9 Å². The SMILES string of the molecule is CC(C)N(CCC(=O)O)C(=O)c1cccc2cn[nH]c12. The quantitative estimate of drug-likeness (QED) is 0.872. The Morgan fingerprint density at radius 2 is 2.15 bits per heavy atom. The molecule has 0 aliphatic rings. The van der Waals surface area contributed by atoms with Gasteiger partial charge in [-0.1, -0.05) is 12.1 Å². The van der Waals surface area contributed by atoms with Crippen molar-refractivity contribution in [3.8, 4) is 0 Å². The number of para-hydroxylation sites is 1. The molecule has 0 spiro atoms. The highest BCUT2D eigenvalue weighted by Gasteiger charge is 2.21. The lowest BCUT2D eigenvalue weighted by Gasteiger charge is -2.26. The number of rotatable bonds is 5. The Labute approximate surface area is 116 Å². The first kappa shape index (κ1) is 14.0. The molecule has 0 radical (unpaired) electrons. The molecule has 20 heavy (non-hydrogen) atoms. The lowest BCUT2D eigenvalue weighted by Crippen LogP contribution is -2.38. The highest BCUT2D eigenvalue weighted by atomic mass is 16.4. The summed E-state index contributed by atoms with van der Waals surface area (Å²) < 4.78 is 0. The minimum absolute atomic E-state index is 0.0666. The summed E-state index contributed by atoms with van der Waals surface area (Å²) in [6, 6.07) is 5.31. The van der Waals surface area contributed by atoms with Crippen LogP contribution in [0.15, 0.2) is 24.4 Å². The molecule has 0 aliphatic heterocycles. The number of aromatic amines is 1. The second-order valence-electron chi connectivity index (χ2n) is 4.88. The number of nitrogens with one attached hydrogen (secondary N) is 1. The number of nitrogens with zero attached hydrogens (tertiary/aromatic N) is 2. The average molecular weight is 275 g/mol. The number of hydrogen-bond acceptors (Lipinski definition) is 3. The van der Waals surface area contributed by atoms with Crippen molar-refractivity contribution in [1.29, 1.82) is 0 Å². The molecule has 2 rings (SSSR count). The van der Waals surface area contributed by atoms with Crippen molar-refractivity contribution >= 4 is 22.8 Å². The minimum atomic E-state index is -0.914. The molecule has 0 saturated heterocycles. The molecule has 0 unspecified atom stereocenters. The standard InChI is InChI=1S/C14H17N3O3/c1-9(2)17(7-6-12(18)19)14(20)11-5-3-4-10-8-15-16-13(10)11/h3-5,8-9H,6-7H2,1-2H3,(H,15,16)(H,18,19). The van der Waals surface area contributed by atoms with E-state index in [0.717, 1.165) is 5.39 Å². The van der Waals surface area contributed by atoms with Gasteiger partial charge in [-0.15, -0.1) is 0 Å². The Kier molecular flexibility index (Phi) is 4.02. The molecule has 0 fully saturated rings. The van der Waals surface area contributed by atoms with Gasteiger partial charge in [0.15, 0.2) is 0 Å². The molecular formula is C14H17N3O3. The molecule has 2 N–H and O–H groups in total. The fraction of sp³-hybridized carbons (Fsp3) is 0.357. The zero-order valence-electron chi connectivity index (χ0n) is 11.5. The van der Waals surface area contributed by atoms with E-state index in [2.05, 4.69) is 10.2 Å². The summed E-state index contributed by atoms with van der Waals surface area (Å²) in [6.07, 6.45) is 1.59. The number of carbonyl (C=O) groups is 2. The largest absolute Gasteiger partial charge is 0.481 e. The molecule has 1 aromatic heterocycles. The maximum absolute atomic E-state index is 12.6. The minimum Gasteiger partial charge on any atom is -0.481 e. The summed E-state index contributed by atoms with van der Waals surface area (Å²) in [5, 5.41) is 16.4. The van der Waals surface area contributed by atoms with Crippen molar-refractivity contribution in [3.63, 3.8) is 0 Å². The van der Waals surface area contributed by atoms with Crippen LogP contribution in [-0.2, 0) is 4.79 Å². The van der Waals surface area contributed by atoms with E-state index in [4.69, 9.17) is 5.11 Å². The highest BCUT2D eigenvalue weighted by molar-refractivity contribution is 6.05. The van der Waals surface area contributed by atoms with E-state index in [0.29, 0.717) is 11.1 Å². The number of fused-ring (bicyclic) bond motifs is 1. The topological polar surface area (TPSA) is 86.3 Å². The smallest absolute Gasteiger partial charge is 0.305 e. The van der Waals surface area contributed by atoms with Gasteiger partial charge in [0, 0.05) is 18.0 Å². The Bertz CT molecular complexity index is 633. The molecule has 1 amide bonds. The number of benzene rings is 1. The predicted octanol–water partition coefficient (Wildman–Crippen LogP) is 1.89. The molecule has 6 heteroatoms. The van der Waals surface area contributed by atoms with E-state index in [1.54, 1.807) is 23.2 Å². The van der Waals surface area contributed by atoms with Gasteiger partial charge in [0.25, 0.3) is 5.91 Å². The molecule has 0 bridgehead atoms. The molecule has 0 aliphatic carbocycles. The summed E-state index contributed by atoms with van der Waals surface area (Å²) in [7, 11) is 0. The third-order valence-corrected chi connectivity index (χ3v) is 3.16. The van der Waals surface area contributed by atoms with Crippen LogP contribution < -0.4 is 0 Å². The van der Waals surface area contributed by atoms with Gasteiger partial charge in [-0.05, 0) is 19.9 Å². The van der Waals surface area contributed by atoms with Crippen LogP contribution in [0, 0.1) is 0 Å². The first-order chi connectivity index (χ1) is 9.50. The highest BCUT2D eigenvalue weighted by Crippen LogP contribution is 2.18. The van der Waals surface area contributed by atoms with E-state index in [1.165, 1.54) is 0 Å². The zero-order chi connectivity index (χ0) is 14.7. The Balaban J connectivity index is 2.31. The summed E-state index contributed by atoms with van der Waals surface area (Å²) >= 11 is 0. The molecule has 2 aromatic rings. The van der Waals surface area contributed by atoms with Crippen LogP contribution in [0.2, 0.25) is 0 Å². The second kappa shape index (κ2) is 5.73. The maximum atomic E-state index is 12.6. The fourth-order valence-electron chi connectivity index (χ4n) is 2.11. The normalized spacial score (nSPS) is 10.9. The van der Waals surface area contributed by atoms with Crippen molar-refractivity contribution in [2.75, 3.05) is 6.54 Å². The number of aliphatic carboxylic acids is 1. The van der Waals surface area contributed by atoms with Crippen molar-refractivity contribution in [1.82, 2.24) is 15.1 Å². The fourth-order valence-corrected chi connectivity index (χ4v) is 2.11. The van der Waals surface area contributed by atoms with Crippen LogP contribution in [0.4, 0.5) is 0 Å². The van der Waals surface area contributed by atoms with Gasteiger partial charge < -0.3 is 10.0 Å². The van der Waals surface area contributed by atoms with Crippen LogP contribution in [-0.4, -0.2) is 44.7 Å². The zero-order valence-corrected chi connectivity index (χ0v) is 11.5. The third-order valence-electron chi connectivity index (χ3n) is 3.16. The van der Waals surface area contributed by atoms with Crippen molar-refractivity contribution in [2.24, 2.45) is 0 Å². The number of aromatic nitrogens is 2. The van der Waals surface area contributed by atoms with Gasteiger partial charge in [-0.2, -0.15) is 5.10 Å². The molecular weight excluding hydrogens is 258 g/mol. The van der Waals surface area contributed by atoms with Gasteiger partial charge in [-0.3, -0.25) is 14.7 Å². The molecule has 1 aromatic carbocycles. The summed E-state index contributed by atoms with van der Waals surface area (Å²) in [5.41, 5.74) is 1.19. The summed E-state index contributed by atoms with van der Waals surface area (Å²) in [6.45, 7) is 3.93. The Hall–Kier alpha value is -2.37. The second-order valence-corrected chi connectivity index (χ2v) is 4.88. The molecule has 0 saturated carbocycles. The molecule has 1 heterocycles. The van der Waals surface area contributed by atoms with Crippen molar-refractivity contribution in [2.45, 2.75) is 26.3 Å². The summed E-state index contributed by atoms with van der Waals surface area (Å²) in [4.78, 5) is 24.9. The van der Waals surface area contributed by atoms with Crippen LogP contribution in [0.5, 0.6) is 0 Å².